The van der Waals surface area contributed by atoms with E-state index in [-0.39, 0.29) is 17.8 Å². The highest BCUT2D eigenvalue weighted by Crippen LogP contribution is 2.22. The fourth-order valence-electron chi connectivity index (χ4n) is 2.00. The standard InChI is InChI=1S/C14H22FNO2/c1-14(2,10-17)9-16(3)8-11-7-12(15)5-6-13(11)18-4/h5-7,17H,8-10H2,1-4H3. The van der Waals surface area contributed by atoms with Crippen molar-refractivity contribution in [3.8, 4) is 5.75 Å². The molecule has 1 aromatic carbocycles. The molecule has 0 spiro atoms. The summed E-state index contributed by atoms with van der Waals surface area (Å²) in [5.74, 6) is 0.422. The Kier molecular flexibility index (Phi) is 5.11. The first-order valence-corrected chi connectivity index (χ1v) is 6.00. The first-order chi connectivity index (χ1) is 8.38. The Bertz CT molecular complexity index is 393. The minimum atomic E-state index is -0.263. The fourth-order valence-corrected chi connectivity index (χ4v) is 2.00. The van der Waals surface area contributed by atoms with Gasteiger partial charge in [0.05, 0.1) is 7.11 Å². The number of aliphatic hydroxyl groups is 1. The zero-order valence-corrected chi connectivity index (χ0v) is 11.5. The second kappa shape index (κ2) is 6.16. The lowest BCUT2D eigenvalue weighted by Gasteiger charge is -2.28. The van der Waals surface area contributed by atoms with Gasteiger partial charge in [-0.05, 0) is 25.2 Å². The number of halogens is 1. The van der Waals surface area contributed by atoms with Crippen LogP contribution in [0.2, 0.25) is 0 Å². The van der Waals surface area contributed by atoms with Gasteiger partial charge in [-0.1, -0.05) is 13.8 Å². The van der Waals surface area contributed by atoms with Crippen molar-refractivity contribution in [3.63, 3.8) is 0 Å². The van der Waals surface area contributed by atoms with E-state index in [1.165, 1.54) is 12.1 Å². The Morgan fingerprint density at radius 3 is 2.61 bits per heavy atom. The maximum atomic E-state index is 13.2. The predicted molar refractivity (Wildman–Crippen MR) is 70.2 cm³/mol. The predicted octanol–water partition coefficient (Wildman–Crippen LogP) is 2.28. The van der Waals surface area contributed by atoms with Gasteiger partial charge in [0.25, 0.3) is 0 Å². The summed E-state index contributed by atoms with van der Waals surface area (Å²) in [6.07, 6.45) is 0. The molecule has 1 rings (SSSR count). The highest BCUT2D eigenvalue weighted by molar-refractivity contribution is 5.33. The molecule has 1 N–H and O–H groups in total. The van der Waals surface area contributed by atoms with Crippen LogP contribution in [0.25, 0.3) is 0 Å². The Morgan fingerprint density at radius 2 is 2.06 bits per heavy atom. The molecule has 0 unspecified atom stereocenters. The summed E-state index contributed by atoms with van der Waals surface area (Å²) in [5, 5.41) is 9.24. The lowest BCUT2D eigenvalue weighted by molar-refractivity contribution is 0.112. The van der Waals surface area contributed by atoms with Crippen LogP contribution in [0.5, 0.6) is 5.75 Å². The van der Waals surface area contributed by atoms with Crippen molar-refractivity contribution in [2.45, 2.75) is 20.4 Å². The van der Waals surface area contributed by atoms with Gasteiger partial charge in [-0.2, -0.15) is 0 Å². The lowest BCUT2D eigenvalue weighted by Crippen LogP contribution is -2.33. The van der Waals surface area contributed by atoms with E-state index in [0.29, 0.717) is 12.3 Å². The SMILES string of the molecule is COc1ccc(F)cc1CN(C)CC(C)(C)CO. The number of benzene rings is 1. The largest absolute Gasteiger partial charge is 0.496 e. The third-order valence-electron chi connectivity index (χ3n) is 2.81. The highest BCUT2D eigenvalue weighted by Gasteiger charge is 2.19. The average molecular weight is 255 g/mol. The van der Waals surface area contributed by atoms with Crippen LogP contribution in [-0.2, 0) is 6.54 Å². The second-order valence-electron chi connectivity index (χ2n) is 5.45. The van der Waals surface area contributed by atoms with Crippen LogP contribution in [0.4, 0.5) is 4.39 Å². The molecule has 0 atom stereocenters. The van der Waals surface area contributed by atoms with Crippen molar-refractivity contribution < 1.29 is 14.2 Å². The molecule has 18 heavy (non-hydrogen) atoms. The molecule has 102 valence electrons. The van der Waals surface area contributed by atoms with Crippen LogP contribution < -0.4 is 4.74 Å². The molecular formula is C14H22FNO2. The van der Waals surface area contributed by atoms with E-state index < -0.39 is 0 Å². The summed E-state index contributed by atoms with van der Waals surface area (Å²) in [5.41, 5.74) is 0.642. The molecule has 3 nitrogen and oxygen atoms in total. The smallest absolute Gasteiger partial charge is 0.123 e. The van der Waals surface area contributed by atoms with Crippen LogP contribution in [0.15, 0.2) is 18.2 Å². The topological polar surface area (TPSA) is 32.7 Å². The molecule has 1 aromatic rings. The highest BCUT2D eigenvalue weighted by atomic mass is 19.1. The molecule has 0 radical (unpaired) electrons. The molecule has 0 heterocycles. The van der Waals surface area contributed by atoms with Gasteiger partial charge >= 0.3 is 0 Å². The van der Waals surface area contributed by atoms with Gasteiger partial charge in [-0.3, -0.25) is 0 Å². The number of rotatable bonds is 6. The Morgan fingerprint density at radius 1 is 1.39 bits per heavy atom. The summed E-state index contributed by atoms with van der Waals surface area (Å²) in [7, 11) is 3.52. The normalized spacial score (nSPS) is 11.9. The van der Waals surface area contributed by atoms with Gasteiger partial charge in [-0.25, -0.2) is 4.39 Å². The van der Waals surface area contributed by atoms with E-state index in [0.717, 1.165) is 12.1 Å². The number of methoxy groups -OCH3 is 1. The molecule has 0 fully saturated rings. The van der Waals surface area contributed by atoms with Crippen molar-refractivity contribution in [2.75, 3.05) is 27.3 Å². The molecule has 0 bridgehead atoms. The maximum absolute atomic E-state index is 13.2. The minimum Gasteiger partial charge on any atom is -0.496 e. The van der Waals surface area contributed by atoms with E-state index in [1.807, 2.05) is 25.8 Å². The number of hydrogen-bond donors (Lipinski definition) is 1. The van der Waals surface area contributed by atoms with Crippen LogP contribution in [-0.4, -0.2) is 37.3 Å². The van der Waals surface area contributed by atoms with Crippen LogP contribution in [0, 0.1) is 11.2 Å². The summed E-state index contributed by atoms with van der Waals surface area (Å²) in [6, 6.07) is 4.51. The molecule has 0 aromatic heterocycles. The van der Waals surface area contributed by atoms with Gasteiger partial charge in [0.15, 0.2) is 0 Å². The Balaban J connectivity index is 2.75. The maximum Gasteiger partial charge on any atom is 0.123 e. The summed E-state index contributed by atoms with van der Waals surface area (Å²) in [4.78, 5) is 2.05. The molecule has 0 aliphatic rings. The van der Waals surface area contributed by atoms with Gasteiger partial charge in [0.2, 0.25) is 0 Å². The van der Waals surface area contributed by atoms with Crippen molar-refractivity contribution in [2.24, 2.45) is 5.41 Å². The zero-order valence-electron chi connectivity index (χ0n) is 11.5. The van der Waals surface area contributed by atoms with Crippen LogP contribution >= 0.6 is 0 Å². The third-order valence-corrected chi connectivity index (χ3v) is 2.81. The fraction of sp³-hybridized carbons (Fsp3) is 0.571. The van der Waals surface area contributed by atoms with Gasteiger partial charge in [0.1, 0.15) is 11.6 Å². The van der Waals surface area contributed by atoms with E-state index >= 15 is 0 Å². The van der Waals surface area contributed by atoms with Gasteiger partial charge < -0.3 is 14.7 Å². The average Bonchev–Trinajstić information content (AvgIpc) is 2.28. The second-order valence-corrected chi connectivity index (χ2v) is 5.45. The molecular weight excluding hydrogens is 233 g/mol. The molecule has 4 heteroatoms. The van der Waals surface area contributed by atoms with Crippen molar-refractivity contribution >= 4 is 0 Å². The summed E-state index contributed by atoms with van der Waals surface area (Å²) < 4.78 is 18.4. The molecule has 0 aliphatic heterocycles. The van der Waals surface area contributed by atoms with E-state index in [2.05, 4.69) is 0 Å². The van der Waals surface area contributed by atoms with Gasteiger partial charge in [0, 0.05) is 30.7 Å². The minimum absolute atomic E-state index is 0.123. The van der Waals surface area contributed by atoms with E-state index in [4.69, 9.17) is 4.74 Å². The Labute approximate surface area is 108 Å². The number of aliphatic hydroxyl groups excluding tert-OH is 1. The Hall–Kier alpha value is -1.13. The van der Waals surface area contributed by atoms with E-state index in [1.54, 1.807) is 13.2 Å². The number of nitrogens with zero attached hydrogens (tertiary/aromatic N) is 1. The molecule has 0 saturated carbocycles. The first kappa shape index (κ1) is 14.9. The van der Waals surface area contributed by atoms with Crippen molar-refractivity contribution in [1.82, 2.24) is 4.90 Å². The van der Waals surface area contributed by atoms with Crippen molar-refractivity contribution in [3.05, 3.63) is 29.6 Å². The summed E-state index contributed by atoms with van der Waals surface area (Å²) >= 11 is 0. The van der Waals surface area contributed by atoms with Gasteiger partial charge in [-0.15, -0.1) is 0 Å². The van der Waals surface area contributed by atoms with Crippen molar-refractivity contribution in [1.29, 1.82) is 0 Å². The van der Waals surface area contributed by atoms with E-state index in [9.17, 15) is 9.50 Å². The first-order valence-electron chi connectivity index (χ1n) is 6.00. The van der Waals surface area contributed by atoms with Crippen LogP contribution in [0.3, 0.4) is 0 Å². The molecule has 0 aliphatic carbocycles. The van der Waals surface area contributed by atoms with Crippen LogP contribution in [0.1, 0.15) is 19.4 Å². The third kappa shape index (κ3) is 4.27. The molecule has 0 amide bonds. The molecule has 0 saturated heterocycles. The monoisotopic (exact) mass is 255 g/mol. The zero-order chi connectivity index (χ0) is 13.8. The number of hydrogen-bond acceptors (Lipinski definition) is 3. The summed E-state index contributed by atoms with van der Waals surface area (Å²) in [6.45, 7) is 5.42. The quantitative estimate of drug-likeness (QED) is 0.846. The number of ether oxygens (including phenoxy) is 1. The lowest BCUT2D eigenvalue weighted by atomic mass is 9.94.